The van der Waals surface area contributed by atoms with Crippen molar-refractivity contribution in [2.75, 3.05) is 31.7 Å². The smallest absolute Gasteiger partial charge is 0.259 e. The summed E-state index contributed by atoms with van der Waals surface area (Å²) in [5.41, 5.74) is 4.47. The molecule has 0 bridgehead atoms. The second kappa shape index (κ2) is 12.6. The van der Waals surface area contributed by atoms with Gasteiger partial charge < -0.3 is 29.7 Å². The fraction of sp³-hybridized carbons (Fsp3) is 0.481. The number of aliphatic hydroxyl groups excluding tert-OH is 2. The molecule has 0 aliphatic rings. The number of amides is 1. The minimum atomic E-state index is -0.910. The molecule has 0 aliphatic heterocycles. The SMILES string of the molecule is CCc1cc(-c2nc(-c3cc(C)c(OCC(O)CNC(=O)CO)c(CC)c3)no2)cnc1N(C)C(C)C. The van der Waals surface area contributed by atoms with E-state index in [9.17, 15) is 9.90 Å². The zero-order valence-corrected chi connectivity index (χ0v) is 22.4. The minimum absolute atomic E-state index is 0.00000862. The Labute approximate surface area is 217 Å². The Morgan fingerprint density at radius 2 is 1.86 bits per heavy atom. The highest BCUT2D eigenvalue weighted by Gasteiger charge is 2.18. The van der Waals surface area contributed by atoms with Gasteiger partial charge in [0.15, 0.2) is 0 Å². The predicted molar refractivity (Wildman–Crippen MR) is 142 cm³/mol. The van der Waals surface area contributed by atoms with Crippen LogP contribution in [0.2, 0.25) is 0 Å². The van der Waals surface area contributed by atoms with Crippen LogP contribution in [0.4, 0.5) is 5.82 Å². The molecule has 3 aromatic rings. The van der Waals surface area contributed by atoms with Gasteiger partial charge in [-0.15, -0.1) is 0 Å². The molecule has 10 nitrogen and oxygen atoms in total. The Morgan fingerprint density at radius 1 is 1.16 bits per heavy atom. The van der Waals surface area contributed by atoms with Crippen molar-refractivity contribution >= 4 is 11.7 Å². The highest BCUT2D eigenvalue weighted by Crippen LogP contribution is 2.32. The molecule has 1 unspecified atom stereocenters. The molecule has 3 N–H and O–H groups in total. The lowest BCUT2D eigenvalue weighted by Crippen LogP contribution is -2.36. The van der Waals surface area contributed by atoms with Crippen LogP contribution in [0.3, 0.4) is 0 Å². The molecule has 0 aliphatic carbocycles. The average molecular weight is 512 g/mol. The number of carbonyl (C=O) groups excluding carboxylic acids is 1. The van der Waals surface area contributed by atoms with Crippen molar-refractivity contribution < 1.29 is 24.3 Å². The molecule has 3 rings (SSSR count). The van der Waals surface area contributed by atoms with Gasteiger partial charge in [0.25, 0.3) is 5.89 Å². The van der Waals surface area contributed by atoms with Gasteiger partial charge in [0.2, 0.25) is 11.7 Å². The van der Waals surface area contributed by atoms with Crippen molar-refractivity contribution in [2.24, 2.45) is 0 Å². The van der Waals surface area contributed by atoms with Crippen LogP contribution in [0.25, 0.3) is 22.8 Å². The van der Waals surface area contributed by atoms with Gasteiger partial charge in [0, 0.05) is 31.4 Å². The van der Waals surface area contributed by atoms with Crippen molar-refractivity contribution in [2.45, 2.75) is 59.6 Å². The van der Waals surface area contributed by atoms with Gasteiger partial charge in [-0.2, -0.15) is 4.98 Å². The largest absolute Gasteiger partial charge is 0.490 e. The van der Waals surface area contributed by atoms with Gasteiger partial charge in [-0.25, -0.2) is 4.98 Å². The summed E-state index contributed by atoms with van der Waals surface area (Å²) in [6.07, 6.45) is 2.38. The fourth-order valence-corrected chi connectivity index (χ4v) is 3.87. The van der Waals surface area contributed by atoms with Crippen LogP contribution >= 0.6 is 0 Å². The lowest BCUT2D eigenvalue weighted by molar-refractivity contribution is -0.124. The van der Waals surface area contributed by atoms with E-state index in [2.05, 4.69) is 46.1 Å². The third-order valence-electron chi connectivity index (χ3n) is 6.19. The summed E-state index contributed by atoms with van der Waals surface area (Å²) in [5.74, 6) is 1.94. The first kappa shape index (κ1) is 28.1. The lowest BCUT2D eigenvalue weighted by Gasteiger charge is -2.25. The van der Waals surface area contributed by atoms with E-state index in [-0.39, 0.29) is 13.2 Å². The molecule has 10 heteroatoms. The molecular formula is C27H37N5O5. The Hall–Kier alpha value is -3.50. The van der Waals surface area contributed by atoms with Gasteiger partial charge in [0.1, 0.15) is 30.9 Å². The zero-order chi connectivity index (χ0) is 27.1. The van der Waals surface area contributed by atoms with Crippen molar-refractivity contribution in [3.8, 4) is 28.6 Å². The van der Waals surface area contributed by atoms with Crippen molar-refractivity contribution in [3.05, 3.63) is 41.1 Å². The number of carbonyl (C=O) groups is 1. The Kier molecular flexibility index (Phi) is 9.60. The molecule has 2 aromatic heterocycles. The van der Waals surface area contributed by atoms with Crippen LogP contribution in [-0.2, 0) is 17.6 Å². The molecule has 1 amide bonds. The van der Waals surface area contributed by atoms with Crippen LogP contribution < -0.4 is 15.0 Å². The summed E-state index contributed by atoms with van der Waals surface area (Å²) < 4.78 is 11.5. The lowest BCUT2D eigenvalue weighted by atomic mass is 10.0. The van der Waals surface area contributed by atoms with Crippen LogP contribution in [0.1, 0.15) is 44.4 Å². The molecule has 2 heterocycles. The third kappa shape index (κ3) is 6.84. The quantitative estimate of drug-likeness (QED) is 0.335. The van der Waals surface area contributed by atoms with Gasteiger partial charge >= 0.3 is 0 Å². The van der Waals surface area contributed by atoms with Crippen LogP contribution in [0.15, 0.2) is 28.9 Å². The maximum atomic E-state index is 11.2. The summed E-state index contributed by atoms with van der Waals surface area (Å²) in [6.45, 7) is 9.65. The Balaban J connectivity index is 1.80. The first-order valence-corrected chi connectivity index (χ1v) is 12.6. The number of hydrogen-bond acceptors (Lipinski definition) is 9. The number of nitrogens with one attached hydrogen (secondary N) is 1. The van der Waals surface area contributed by atoms with E-state index < -0.39 is 18.6 Å². The number of hydrogen-bond donors (Lipinski definition) is 3. The molecule has 1 atom stereocenters. The van der Waals surface area contributed by atoms with E-state index in [4.69, 9.17) is 14.4 Å². The average Bonchev–Trinajstić information content (AvgIpc) is 3.40. The van der Waals surface area contributed by atoms with Gasteiger partial charge in [-0.3, -0.25) is 4.79 Å². The topological polar surface area (TPSA) is 134 Å². The monoisotopic (exact) mass is 511 g/mol. The molecular weight excluding hydrogens is 474 g/mol. The summed E-state index contributed by atoms with van der Waals surface area (Å²) in [4.78, 5) is 22.6. The van der Waals surface area contributed by atoms with Crippen LogP contribution in [0.5, 0.6) is 5.75 Å². The van der Waals surface area contributed by atoms with Crippen LogP contribution in [0, 0.1) is 6.92 Å². The second-order valence-electron chi connectivity index (χ2n) is 9.25. The number of ether oxygens (including phenoxy) is 1. The number of nitrogens with zero attached hydrogens (tertiary/aromatic N) is 4. The normalized spacial score (nSPS) is 12.0. The Morgan fingerprint density at radius 3 is 2.51 bits per heavy atom. The number of aliphatic hydroxyl groups is 2. The minimum Gasteiger partial charge on any atom is -0.490 e. The molecule has 0 fully saturated rings. The molecule has 37 heavy (non-hydrogen) atoms. The summed E-state index contributed by atoms with van der Waals surface area (Å²) >= 11 is 0. The standard InChI is InChI=1S/C27H37N5O5/c1-7-18-10-20(9-17(5)24(18)36-15-22(34)13-28-23(35)14-33)25-30-27(37-31-25)21-11-19(8-2)26(29-12-21)32(6)16(3)4/h9-12,16,22,33-34H,7-8,13-15H2,1-6H3,(H,28,35). The number of aryl methyl sites for hydroxylation is 3. The van der Waals surface area contributed by atoms with E-state index in [1.807, 2.05) is 39.1 Å². The molecule has 200 valence electrons. The van der Waals surface area contributed by atoms with E-state index in [0.717, 1.165) is 40.1 Å². The van der Waals surface area contributed by atoms with Crippen LogP contribution in [-0.4, -0.2) is 70.2 Å². The van der Waals surface area contributed by atoms with Crippen molar-refractivity contribution in [3.63, 3.8) is 0 Å². The molecule has 0 saturated carbocycles. The van der Waals surface area contributed by atoms with Gasteiger partial charge in [-0.05, 0) is 68.5 Å². The zero-order valence-electron chi connectivity index (χ0n) is 22.4. The maximum absolute atomic E-state index is 11.2. The van der Waals surface area contributed by atoms with Gasteiger partial charge in [0.05, 0.1) is 5.56 Å². The first-order valence-electron chi connectivity index (χ1n) is 12.6. The third-order valence-corrected chi connectivity index (χ3v) is 6.19. The number of pyridine rings is 1. The van der Waals surface area contributed by atoms with E-state index in [0.29, 0.717) is 29.9 Å². The number of rotatable bonds is 12. The second-order valence-corrected chi connectivity index (χ2v) is 9.25. The van der Waals surface area contributed by atoms with E-state index >= 15 is 0 Å². The number of benzene rings is 1. The maximum Gasteiger partial charge on any atom is 0.259 e. The number of aromatic nitrogens is 3. The molecule has 0 radical (unpaired) electrons. The van der Waals surface area contributed by atoms with E-state index in [1.54, 1.807) is 6.20 Å². The van der Waals surface area contributed by atoms with E-state index in [1.165, 1.54) is 0 Å². The van der Waals surface area contributed by atoms with Gasteiger partial charge in [-0.1, -0.05) is 19.0 Å². The fourth-order valence-electron chi connectivity index (χ4n) is 3.87. The number of anilines is 1. The molecule has 0 saturated heterocycles. The highest BCUT2D eigenvalue weighted by atomic mass is 16.5. The molecule has 0 spiro atoms. The first-order chi connectivity index (χ1) is 17.7. The summed E-state index contributed by atoms with van der Waals surface area (Å²) in [5, 5.41) is 25.5. The summed E-state index contributed by atoms with van der Waals surface area (Å²) in [7, 11) is 2.04. The summed E-state index contributed by atoms with van der Waals surface area (Å²) in [6, 6.07) is 6.25. The predicted octanol–water partition coefficient (Wildman–Crippen LogP) is 2.92. The Bertz CT molecular complexity index is 1210. The highest BCUT2D eigenvalue weighted by molar-refractivity contribution is 5.76. The van der Waals surface area contributed by atoms with Crippen molar-refractivity contribution in [1.29, 1.82) is 0 Å². The molecule has 1 aromatic carbocycles. The van der Waals surface area contributed by atoms with Crippen molar-refractivity contribution in [1.82, 2.24) is 20.4 Å².